The predicted octanol–water partition coefficient (Wildman–Crippen LogP) is 6.07. The van der Waals surface area contributed by atoms with Gasteiger partial charge in [-0.3, -0.25) is 0 Å². The summed E-state index contributed by atoms with van der Waals surface area (Å²) in [6.45, 7) is 19.9. The Bertz CT molecular complexity index is 632. The Hall–Kier alpha value is -2.76. The van der Waals surface area contributed by atoms with Gasteiger partial charge in [0.25, 0.3) is 0 Å². The molecule has 34 heavy (non-hydrogen) atoms. The lowest BCUT2D eigenvalue weighted by atomic mass is 10.1. The third-order valence-electron chi connectivity index (χ3n) is 6.33. The van der Waals surface area contributed by atoms with Gasteiger partial charge in [-0.15, -0.1) is 0 Å². The zero-order valence-corrected chi connectivity index (χ0v) is 21.6. The van der Waals surface area contributed by atoms with Crippen molar-refractivity contribution in [1.82, 2.24) is 29.4 Å². The Morgan fingerprint density at radius 1 is 0.500 bits per heavy atom. The summed E-state index contributed by atoms with van der Waals surface area (Å²) in [5.41, 5.74) is 0. The molecule has 6 nitrogen and oxygen atoms in total. The second-order valence-corrected chi connectivity index (χ2v) is 9.17. The molecule has 6 heteroatoms. The van der Waals surface area contributed by atoms with Crippen molar-refractivity contribution in [1.29, 1.82) is 0 Å². The van der Waals surface area contributed by atoms with Crippen molar-refractivity contribution >= 4 is 0 Å². The molecule has 0 unspecified atom stereocenters. The van der Waals surface area contributed by atoms with Crippen LogP contribution in [0.5, 0.6) is 0 Å². The average Bonchev–Trinajstić information content (AvgIpc) is 3.63. The van der Waals surface area contributed by atoms with Crippen LogP contribution in [-0.4, -0.2) is 69.0 Å². The Balaban J connectivity index is 0.000000310. The molecule has 0 aromatic heterocycles. The van der Waals surface area contributed by atoms with E-state index in [2.05, 4.69) is 93.3 Å². The molecular formula is C28H48N6. The van der Waals surface area contributed by atoms with Gasteiger partial charge >= 0.3 is 0 Å². The summed E-state index contributed by atoms with van der Waals surface area (Å²) >= 11 is 0. The van der Waals surface area contributed by atoms with E-state index in [1.807, 2.05) is 18.6 Å². The molecule has 0 radical (unpaired) electrons. The van der Waals surface area contributed by atoms with Gasteiger partial charge in [0, 0.05) is 56.8 Å². The van der Waals surface area contributed by atoms with Gasteiger partial charge < -0.3 is 29.4 Å². The van der Waals surface area contributed by atoms with Crippen LogP contribution in [-0.2, 0) is 0 Å². The predicted molar refractivity (Wildman–Crippen MR) is 145 cm³/mol. The monoisotopic (exact) mass is 468 g/mol. The molecule has 0 saturated heterocycles. The highest BCUT2D eigenvalue weighted by Crippen LogP contribution is 2.13. The smallest absolute Gasteiger partial charge is 0.0935 e. The lowest BCUT2D eigenvalue weighted by Gasteiger charge is -2.18. The number of unbranched alkanes of at least 4 members (excludes halogenated alkanes) is 7. The van der Waals surface area contributed by atoms with Gasteiger partial charge in [0.15, 0.2) is 0 Å². The van der Waals surface area contributed by atoms with E-state index in [0.717, 1.165) is 26.6 Å². The van der Waals surface area contributed by atoms with Gasteiger partial charge in [0.1, 0.15) is 0 Å². The molecule has 0 atom stereocenters. The van der Waals surface area contributed by atoms with E-state index in [4.69, 9.17) is 0 Å². The summed E-state index contributed by atoms with van der Waals surface area (Å²) in [6, 6.07) is 0. The first-order valence-electron chi connectivity index (χ1n) is 13.1. The maximum atomic E-state index is 3.79. The maximum Gasteiger partial charge on any atom is 0.0935 e. The largest absolute Gasteiger partial charge is 0.358 e. The van der Waals surface area contributed by atoms with Crippen LogP contribution >= 0.6 is 0 Å². The molecule has 0 saturated carbocycles. The summed E-state index contributed by atoms with van der Waals surface area (Å²) in [6.07, 6.45) is 30.3. The summed E-state index contributed by atoms with van der Waals surface area (Å²) < 4.78 is 0. The van der Waals surface area contributed by atoms with E-state index >= 15 is 0 Å². The molecule has 3 rings (SSSR count). The van der Waals surface area contributed by atoms with Gasteiger partial charge in [-0.05, 0) is 37.9 Å². The van der Waals surface area contributed by atoms with E-state index in [0.29, 0.717) is 0 Å². The van der Waals surface area contributed by atoms with Gasteiger partial charge in [-0.25, -0.2) is 0 Å². The molecule has 190 valence electrons. The fraction of sp³-hybridized carbons (Fsp3) is 0.571. The fourth-order valence-electron chi connectivity index (χ4n) is 4.12. The minimum atomic E-state index is 0.970. The second-order valence-electron chi connectivity index (χ2n) is 9.17. The normalized spacial score (nSPS) is 16.5. The van der Waals surface area contributed by atoms with Crippen LogP contribution in [0.4, 0.5) is 0 Å². The Labute approximate surface area is 209 Å². The molecule has 0 aromatic rings. The average molecular weight is 469 g/mol. The van der Waals surface area contributed by atoms with E-state index < -0.39 is 0 Å². The van der Waals surface area contributed by atoms with Crippen molar-refractivity contribution in [2.24, 2.45) is 0 Å². The highest BCUT2D eigenvalue weighted by Gasteiger charge is 2.09. The standard InChI is InChI=1S/C19H32N4.C9H16N2/c1-3-20-14-16-22(18-20)12-10-8-6-5-7-9-11-13-23-17-15-21(4-2)19-23;1-3-5-6-11-8-7-10(4-2)9-11/h3-4,14-17H,1-2,5-13,18-19H2;4,7-8H,2-3,5-6,9H2,1H3. The zero-order chi connectivity index (χ0) is 24.4. The summed E-state index contributed by atoms with van der Waals surface area (Å²) in [5, 5.41) is 0. The lowest BCUT2D eigenvalue weighted by molar-refractivity contribution is 0.304. The van der Waals surface area contributed by atoms with E-state index in [1.165, 1.54) is 70.9 Å². The molecule has 3 heterocycles. The molecule has 0 amide bonds. The second kappa shape index (κ2) is 16.8. The zero-order valence-electron chi connectivity index (χ0n) is 21.6. The number of rotatable bonds is 16. The molecule has 3 aliphatic heterocycles. The van der Waals surface area contributed by atoms with Gasteiger partial charge in [0.05, 0.1) is 20.0 Å². The minimum Gasteiger partial charge on any atom is -0.358 e. The van der Waals surface area contributed by atoms with Crippen LogP contribution in [0.15, 0.2) is 75.5 Å². The molecule has 3 aliphatic rings. The lowest BCUT2D eigenvalue weighted by Crippen LogP contribution is -2.22. The summed E-state index contributed by atoms with van der Waals surface area (Å²) in [7, 11) is 0. The third-order valence-corrected chi connectivity index (χ3v) is 6.33. The molecule has 0 spiro atoms. The first-order valence-corrected chi connectivity index (χ1v) is 13.1. The number of hydrogen-bond acceptors (Lipinski definition) is 6. The van der Waals surface area contributed by atoms with Crippen molar-refractivity contribution in [2.45, 2.75) is 64.7 Å². The van der Waals surface area contributed by atoms with Gasteiger partial charge in [0.2, 0.25) is 0 Å². The van der Waals surface area contributed by atoms with Crippen molar-refractivity contribution in [2.75, 3.05) is 39.6 Å². The topological polar surface area (TPSA) is 19.4 Å². The maximum absolute atomic E-state index is 3.79. The van der Waals surface area contributed by atoms with Crippen LogP contribution in [0.2, 0.25) is 0 Å². The fourth-order valence-corrected chi connectivity index (χ4v) is 4.12. The molecule has 0 bridgehead atoms. The quantitative estimate of drug-likeness (QED) is 0.254. The Kier molecular flexibility index (Phi) is 13.6. The SMILES string of the molecule is C=CN1C=CN(CCCC)C1.C=CN1C=CN(CCCCCCCCCN2C=CN(C=C)C2)C1. The summed E-state index contributed by atoms with van der Waals surface area (Å²) in [4.78, 5) is 13.3. The van der Waals surface area contributed by atoms with Crippen LogP contribution in [0.3, 0.4) is 0 Å². The number of nitrogens with zero attached hydrogens (tertiary/aromatic N) is 6. The highest BCUT2D eigenvalue weighted by atomic mass is 15.3. The van der Waals surface area contributed by atoms with Gasteiger partial charge in [-0.2, -0.15) is 0 Å². The first-order chi connectivity index (χ1) is 16.7. The van der Waals surface area contributed by atoms with Crippen molar-refractivity contribution in [3.05, 3.63) is 75.5 Å². The summed E-state index contributed by atoms with van der Waals surface area (Å²) in [5.74, 6) is 0. The molecular weight excluding hydrogens is 420 g/mol. The molecule has 0 aliphatic carbocycles. The third kappa shape index (κ3) is 10.9. The van der Waals surface area contributed by atoms with Crippen LogP contribution in [0.1, 0.15) is 64.7 Å². The van der Waals surface area contributed by atoms with Crippen molar-refractivity contribution in [3.8, 4) is 0 Å². The Morgan fingerprint density at radius 3 is 1.12 bits per heavy atom. The van der Waals surface area contributed by atoms with Gasteiger partial charge in [-0.1, -0.05) is 65.2 Å². The molecule has 0 fully saturated rings. The van der Waals surface area contributed by atoms with Crippen LogP contribution in [0, 0.1) is 0 Å². The number of hydrogen-bond donors (Lipinski definition) is 0. The minimum absolute atomic E-state index is 0.970. The van der Waals surface area contributed by atoms with Crippen LogP contribution in [0.25, 0.3) is 0 Å². The van der Waals surface area contributed by atoms with E-state index in [9.17, 15) is 0 Å². The highest BCUT2D eigenvalue weighted by molar-refractivity contribution is 4.96. The first kappa shape index (κ1) is 27.5. The Morgan fingerprint density at radius 2 is 0.824 bits per heavy atom. The van der Waals surface area contributed by atoms with Crippen molar-refractivity contribution in [3.63, 3.8) is 0 Å². The molecule has 0 aromatic carbocycles. The van der Waals surface area contributed by atoms with Crippen molar-refractivity contribution < 1.29 is 0 Å². The molecule has 0 N–H and O–H groups in total. The van der Waals surface area contributed by atoms with Crippen LogP contribution < -0.4 is 0 Å². The van der Waals surface area contributed by atoms with E-state index in [1.54, 1.807) is 0 Å². The van der Waals surface area contributed by atoms with E-state index in [-0.39, 0.29) is 0 Å².